The van der Waals surface area contributed by atoms with E-state index >= 15 is 0 Å². The Bertz CT molecular complexity index is 1630. The lowest BCUT2D eigenvalue weighted by molar-refractivity contribution is 0.102. The van der Waals surface area contributed by atoms with Gasteiger partial charge >= 0.3 is 0 Å². The van der Waals surface area contributed by atoms with E-state index in [-0.39, 0.29) is 22.8 Å². The minimum absolute atomic E-state index is 0.0718. The maximum absolute atomic E-state index is 13.4. The molecule has 0 saturated heterocycles. The van der Waals surface area contributed by atoms with Crippen LogP contribution in [-0.4, -0.2) is 16.0 Å². The van der Waals surface area contributed by atoms with Crippen LogP contribution < -0.4 is 10.9 Å². The lowest BCUT2D eigenvalue weighted by Gasteiger charge is -2.06. The quantitative estimate of drug-likeness (QED) is 0.277. The number of thiazole rings is 1. The highest BCUT2D eigenvalue weighted by molar-refractivity contribution is 7.16. The molecule has 0 aliphatic heterocycles. The third-order valence-electron chi connectivity index (χ3n) is 5.90. The van der Waals surface area contributed by atoms with Crippen molar-refractivity contribution in [3.63, 3.8) is 0 Å². The number of rotatable bonds is 5. The predicted molar refractivity (Wildman–Crippen MR) is 144 cm³/mol. The molecule has 0 saturated carbocycles. The minimum atomic E-state index is -0.374. The molecule has 0 fully saturated rings. The Labute approximate surface area is 212 Å². The lowest BCUT2D eigenvalue weighted by Crippen LogP contribution is -2.21. The monoisotopic (exact) mass is 495 g/mol. The average molecular weight is 496 g/mol. The molecule has 3 aromatic carbocycles. The Morgan fingerprint density at radius 3 is 2.50 bits per heavy atom. The second kappa shape index (κ2) is 9.79. The van der Waals surface area contributed by atoms with Gasteiger partial charge in [-0.05, 0) is 56.2 Å². The molecule has 5 rings (SSSR count). The lowest BCUT2D eigenvalue weighted by atomic mass is 10.1. The van der Waals surface area contributed by atoms with Crippen molar-refractivity contribution in [2.45, 2.75) is 27.2 Å². The number of nitrogens with one attached hydrogen (secondary N) is 1. The molecular weight excluding hydrogens is 470 g/mol. The van der Waals surface area contributed by atoms with E-state index in [9.17, 15) is 9.90 Å². The smallest absolute Gasteiger partial charge is 0.262 e. The Morgan fingerprint density at radius 2 is 1.78 bits per heavy atom. The summed E-state index contributed by atoms with van der Waals surface area (Å²) < 4.78 is 5.98. The Kier molecular flexibility index (Phi) is 6.40. The first-order chi connectivity index (χ1) is 17.4. The van der Waals surface area contributed by atoms with Crippen LogP contribution >= 0.6 is 11.3 Å². The number of hydrogen-bond acceptors (Lipinski definition) is 6. The summed E-state index contributed by atoms with van der Waals surface area (Å²) in [4.78, 5) is 23.7. The summed E-state index contributed by atoms with van der Waals surface area (Å²) in [6.07, 6.45) is 0.976. The van der Waals surface area contributed by atoms with E-state index < -0.39 is 0 Å². The molecular formula is C29H25N3O3S. The number of fused-ring (bicyclic) bond motifs is 1. The van der Waals surface area contributed by atoms with E-state index in [1.807, 2.05) is 38.1 Å². The van der Waals surface area contributed by atoms with Crippen LogP contribution in [0.15, 0.2) is 82.2 Å². The van der Waals surface area contributed by atoms with Crippen molar-refractivity contribution < 1.29 is 14.3 Å². The van der Waals surface area contributed by atoms with Crippen LogP contribution in [0.3, 0.4) is 0 Å². The predicted octanol–water partition coefficient (Wildman–Crippen LogP) is 6.93. The van der Waals surface area contributed by atoms with E-state index in [0.29, 0.717) is 21.8 Å². The van der Waals surface area contributed by atoms with Crippen LogP contribution in [0.2, 0.25) is 0 Å². The summed E-state index contributed by atoms with van der Waals surface area (Å²) in [5.41, 5.74) is 5.73. The van der Waals surface area contributed by atoms with Gasteiger partial charge in [0.1, 0.15) is 16.9 Å². The Hall–Kier alpha value is -4.23. The Balaban J connectivity index is 1.53. The van der Waals surface area contributed by atoms with Gasteiger partial charge < -0.3 is 9.52 Å². The first kappa shape index (κ1) is 23.5. The van der Waals surface area contributed by atoms with Crippen molar-refractivity contribution in [2.24, 2.45) is 4.99 Å². The third-order valence-corrected chi connectivity index (χ3v) is 6.78. The number of benzene rings is 3. The fourth-order valence-corrected chi connectivity index (χ4v) is 4.70. The molecule has 180 valence electrons. The van der Waals surface area contributed by atoms with Crippen LogP contribution in [0, 0.1) is 13.8 Å². The molecule has 36 heavy (non-hydrogen) atoms. The fraction of sp³-hybridized carbons (Fsp3) is 0.138. The maximum atomic E-state index is 13.4. The van der Waals surface area contributed by atoms with Crippen LogP contribution in [0.4, 0.5) is 10.8 Å². The third kappa shape index (κ3) is 4.92. The first-order valence-electron chi connectivity index (χ1n) is 11.7. The fourth-order valence-electron chi connectivity index (χ4n) is 3.87. The summed E-state index contributed by atoms with van der Waals surface area (Å²) in [6, 6.07) is 22.4. The number of hydrogen-bond donors (Lipinski definition) is 2. The average Bonchev–Trinajstić information content (AvgIpc) is 3.24. The molecule has 2 N–H and O–H groups in total. The van der Waals surface area contributed by atoms with Crippen molar-refractivity contribution >= 4 is 39.0 Å². The topological polar surface area (TPSA) is 87.7 Å². The van der Waals surface area contributed by atoms with Gasteiger partial charge in [0.05, 0.1) is 11.4 Å². The minimum Gasteiger partial charge on any atom is -0.508 e. The van der Waals surface area contributed by atoms with Gasteiger partial charge in [-0.15, -0.1) is 11.3 Å². The molecule has 0 aliphatic carbocycles. The number of anilines is 1. The van der Waals surface area contributed by atoms with Gasteiger partial charge in [0, 0.05) is 21.9 Å². The van der Waals surface area contributed by atoms with Gasteiger partial charge in [0.25, 0.3) is 5.91 Å². The maximum Gasteiger partial charge on any atom is 0.262 e. The van der Waals surface area contributed by atoms with Gasteiger partial charge in [-0.3, -0.25) is 10.1 Å². The van der Waals surface area contributed by atoms with Crippen LogP contribution in [-0.2, 0) is 6.42 Å². The number of amides is 1. The zero-order chi connectivity index (χ0) is 25.2. The molecule has 0 atom stereocenters. The van der Waals surface area contributed by atoms with E-state index in [4.69, 9.17) is 9.40 Å². The zero-order valence-electron chi connectivity index (χ0n) is 20.2. The molecule has 0 radical (unpaired) electrons. The summed E-state index contributed by atoms with van der Waals surface area (Å²) in [6.45, 7) is 6.11. The normalized spacial score (nSPS) is 11.7. The van der Waals surface area contributed by atoms with Gasteiger partial charge in [-0.2, -0.15) is 0 Å². The molecule has 0 spiro atoms. The number of carbonyl (C=O) groups is 1. The van der Waals surface area contributed by atoms with E-state index in [1.54, 1.807) is 18.2 Å². The standard InChI is InChI=1S/C29H25N3O3S/c1-4-19-7-9-20(10-8-19)26-18(3)36-29(31-26)32-27(34)24-15-21-11-14-23(33)16-25(21)35-28(24)30-22-12-5-17(2)6-13-22/h5-16,33H,4H2,1-3H3,(H,31,32,34). The molecule has 7 heteroatoms. The van der Waals surface area contributed by atoms with E-state index in [1.165, 1.54) is 23.0 Å². The van der Waals surface area contributed by atoms with Crippen molar-refractivity contribution in [1.82, 2.24) is 4.98 Å². The number of aryl methyl sites for hydroxylation is 3. The van der Waals surface area contributed by atoms with E-state index in [0.717, 1.165) is 28.1 Å². The van der Waals surface area contributed by atoms with Crippen molar-refractivity contribution in [1.29, 1.82) is 0 Å². The zero-order valence-corrected chi connectivity index (χ0v) is 21.0. The summed E-state index contributed by atoms with van der Waals surface area (Å²) in [5, 5.41) is 14.0. The SMILES string of the molecule is CCc1ccc(-c2nc(NC(=O)c3cc4ccc(O)cc4oc3=Nc3ccc(C)cc3)sc2C)cc1. The van der Waals surface area contributed by atoms with Crippen LogP contribution in [0.25, 0.3) is 22.2 Å². The number of aromatic hydroxyl groups is 1. The molecule has 0 aliphatic rings. The van der Waals surface area contributed by atoms with Crippen molar-refractivity contribution in [3.05, 3.63) is 99.9 Å². The van der Waals surface area contributed by atoms with Gasteiger partial charge in [0.2, 0.25) is 5.55 Å². The van der Waals surface area contributed by atoms with Crippen molar-refractivity contribution in [2.75, 3.05) is 5.32 Å². The van der Waals surface area contributed by atoms with Gasteiger partial charge in [0.15, 0.2) is 5.13 Å². The molecule has 0 bridgehead atoms. The summed E-state index contributed by atoms with van der Waals surface area (Å²) >= 11 is 1.42. The number of nitrogens with zero attached hydrogens (tertiary/aromatic N) is 2. The highest BCUT2D eigenvalue weighted by Gasteiger charge is 2.17. The van der Waals surface area contributed by atoms with Crippen molar-refractivity contribution in [3.8, 4) is 17.0 Å². The largest absolute Gasteiger partial charge is 0.508 e. The molecule has 5 aromatic rings. The van der Waals surface area contributed by atoms with E-state index in [2.05, 4.69) is 41.5 Å². The summed E-state index contributed by atoms with van der Waals surface area (Å²) in [7, 11) is 0. The molecule has 6 nitrogen and oxygen atoms in total. The first-order valence-corrected chi connectivity index (χ1v) is 12.5. The summed E-state index contributed by atoms with van der Waals surface area (Å²) in [5.74, 6) is -0.302. The molecule has 2 heterocycles. The highest BCUT2D eigenvalue weighted by atomic mass is 32.1. The molecule has 1 amide bonds. The Morgan fingerprint density at radius 1 is 1.03 bits per heavy atom. The van der Waals surface area contributed by atoms with Gasteiger partial charge in [-0.25, -0.2) is 9.98 Å². The molecule has 2 aromatic heterocycles. The highest BCUT2D eigenvalue weighted by Crippen LogP contribution is 2.31. The second-order valence-corrected chi connectivity index (χ2v) is 9.77. The number of aromatic nitrogens is 1. The van der Waals surface area contributed by atoms with Gasteiger partial charge in [-0.1, -0.05) is 48.9 Å². The number of phenols is 1. The number of phenolic OH excluding ortho intramolecular Hbond substituents is 1. The van der Waals surface area contributed by atoms with Crippen LogP contribution in [0.1, 0.15) is 33.3 Å². The molecule has 0 unspecified atom stereocenters. The van der Waals surface area contributed by atoms with Crippen LogP contribution in [0.5, 0.6) is 5.75 Å². The second-order valence-electron chi connectivity index (χ2n) is 8.56. The number of carbonyl (C=O) groups excluding carboxylic acids is 1.